The normalized spacial score (nSPS) is 13.3. The first-order chi connectivity index (χ1) is 11.8. The van der Waals surface area contributed by atoms with E-state index in [4.69, 9.17) is 21.1 Å². The summed E-state index contributed by atoms with van der Waals surface area (Å²) in [7, 11) is 0. The van der Waals surface area contributed by atoms with Crippen molar-refractivity contribution in [1.82, 2.24) is 5.43 Å². The third-order valence-corrected chi connectivity index (χ3v) is 3.64. The second-order valence-electron chi connectivity index (χ2n) is 5.00. The number of nitrogens with one attached hydrogen (secondary N) is 1. The maximum absolute atomic E-state index is 12.7. The Morgan fingerprint density at radius 3 is 2.64 bits per heavy atom. The average molecular weight is 371 g/mol. The largest absolute Gasteiger partial charge is 0.454 e. The second-order valence-corrected chi connectivity index (χ2v) is 5.41. The molecular formula is C16H10ClF3N2O3. The molecule has 1 heterocycles. The summed E-state index contributed by atoms with van der Waals surface area (Å²) in [5, 5.41) is 4.03. The Bertz CT molecular complexity index is 853. The fourth-order valence-corrected chi connectivity index (χ4v) is 2.30. The lowest BCUT2D eigenvalue weighted by Crippen LogP contribution is -2.18. The number of carbonyl (C=O) groups excluding carboxylic acids is 1. The Labute approximate surface area is 145 Å². The van der Waals surface area contributed by atoms with Crippen LogP contribution >= 0.6 is 11.6 Å². The molecule has 1 aliphatic rings. The van der Waals surface area contributed by atoms with Crippen LogP contribution in [0, 0.1) is 0 Å². The summed E-state index contributed by atoms with van der Waals surface area (Å²) in [4.78, 5) is 11.9. The molecule has 25 heavy (non-hydrogen) atoms. The van der Waals surface area contributed by atoms with Gasteiger partial charge in [0.25, 0.3) is 5.91 Å². The Morgan fingerprint density at radius 1 is 1.20 bits per heavy atom. The van der Waals surface area contributed by atoms with Crippen LogP contribution in [-0.4, -0.2) is 18.9 Å². The molecule has 0 atom stereocenters. The number of hydrogen-bond donors (Lipinski definition) is 1. The van der Waals surface area contributed by atoms with Gasteiger partial charge in [0, 0.05) is 17.2 Å². The van der Waals surface area contributed by atoms with E-state index in [1.54, 1.807) is 12.1 Å². The smallest absolute Gasteiger partial charge is 0.416 e. The number of ether oxygens (including phenoxy) is 2. The van der Waals surface area contributed by atoms with Gasteiger partial charge in [0.05, 0.1) is 16.8 Å². The van der Waals surface area contributed by atoms with Gasteiger partial charge in [-0.25, -0.2) is 5.43 Å². The molecule has 2 aromatic rings. The molecule has 9 heteroatoms. The summed E-state index contributed by atoms with van der Waals surface area (Å²) >= 11 is 6.05. The number of fused-ring (bicyclic) bond motifs is 1. The Kier molecular flexibility index (Phi) is 4.54. The summed E-state index contributed by atoms with van der Waals surface area (Å²) in [6, 6.07) is 7.15. The standard InChI is InChI=1S/C16H10ClF3N2O3/c17-12-6-14-13(24-8-25-14)5-10(12)7-21-22-15(23)9-2-1-3-11(4-9)16(18,19)20/h1-7H,8H2,(H,22,23). The highest BCUT2D eigenvalue weighted by Gasteiger charge is 2.30. The number of benzene rings is 2. The predicted octanol–water partition coefficient (Wildman–Crippen LogP) is 3.85. The molecule has 3 rings (SSSR count). The molecule has 2 aromatic carbocycles. The van der Waals surface area contributed by atoms with Crippen molar-refractivity contribution in [3.8, 4) is 11.5 Å². The molecule has 130 valence electrons. The first-order valence-electron chi connectivity index (χ1n) is 6.94. The van der Waals surface area contributed by atoms with E-state index in [-0.39, 0.29) is 12.4 Å². The minimum atomic E-state index is -4.53. The molecule has 0 unspecified atom stereocenters. The SMILES string of the molecule is O=C(NN=Cc1cc2c(cc1Cl)OCO2)c1cccc(C(F)(F)F)c1. The van der Waals surface area contributed by atoms with E-state index in [9.17, 15) is 18.0 Å². The molecular weight excluding hydrogens is 361 g/mol. The van der Waals surface area contributed by atoms with E-state index in [2.05, 4.69) is 10.5 Å². The van der Waals surface area contributed by atoms with Crippen LogP contribution in [0.5, 0.6) is 11.5 Å². The van der Waals surface area contributed by atoms with Crippen LogP contribution in [0.3, 0.4) is 0 Å². The topological polar surface area (TPSA) is 59.9 Å². The highest BCUT2D eigenvalue weighted by Crippen LogP contribution is 2.36. The molecule has 5 nitrogen and oxygen atoms in total. The molecule has 0 bridgehead atoms. The van der Waals surface area contributed by atoms with Crippen molar-refractivity contribution in [2.75, 3.05) is 6.79 Å². The van der Waals surface area contributed by atoms with Crippen LogP contribution in [0.1, 0.15) is 21.5 Å². The van der Waals surface area contributed by atoms with Gasteiger partial charge < -0.3 is 9.47 Å². The lowest BCUT2D eigenvalue weighted by molar-refractivity contribution is -0.137. The number of hydrazone groups is 1. The van der Waals surface area contributed by atoms with Crippen LogP contribution < -0.4 is 14.9 Å². The van der Waals surface area contributed by atoms with E-state index in [0.717, 1.165) is 18.2 Å². The van der Waals surface area contributed by atoms with Crippen LogP contribution in [0.2, 0.25) is 5.02 Å². The zero-order valence-electron chi connectivity index (χ0n) is 12.4. The monoisotopic (exact) mass is 370 g/mol. The number of hydrogen-bond acceptors (Lipinski definition) is 4. The summed E-state index contributed by atoms with van der Waals surface area (Å²) in [5.41, 5.74) is 1.53. The van der Waals surface area contributed by atoms with Crippen molar-refractivity contribution in [2.24, 2.45) is 5.10 Å². The van der Waals surface area contributed by atoms with Crippen molar-refractivity contribution in [3.63, 3.8) is 0 Å². The lowest BCUT2D eigenvalue weighted by atomic mass is 10.1. The van der Waals surface area contributed by atoms with Crippen molar-refractivity contribution in [1.29, 1.82) is 0 Å². The van der Waals surface area contributed by atoms with Crippen LogP contribution in [-0.2, 0) is 6.18 Å². The minimum Gasteiger partial charge on any atom is -0.454 e. The second kappa shape index (κ2) is 6.64. The van der Waals surface area contributed by atoms with Gasteiger partial charge in [-0.2, -0.15) is 18.3 Å². The first-order valence-corrected chi connectivity index (χ1v) is 7.32. The van der Waals surface area contributed by atoms with Gasteiger partial charge in [-0.1, -0.05) is 17.7 Å². The molecule has 0 saturated carbocycles. The van der Waals surface area contributed by atoms with Crippen molar-refractivity contribution in [3.05, 3.63) is 58.1 Å². The first kappa shape index (κ1) is 17.1. The van der Waals surface area contributed by atoms with Gasteiger partial charge in [-0.05, 0) is 24.3 Å². The van der Waals surface area contributed by atoms with Gasteiger partial charge in [-0.3, -0.25) is 4.79 Å². The molecule has 1 amide bonds. The Balaban J connectivity index is 1.72. The maximum atomic E-state index is 12.7. The van der Waals surface area contributed by atoms with Gasteiger partial charge in [0.2, 0.25) is 6.79 Å². The number of halogens is 4. The van der Waals surface area contributed by atoms with Gasteiger partial charge in [-0.15, -0.1) is 0 Å². The zero-order valence-corrected chi connectivity index (χ0v) is 13.2. The molecule has 1 N–H and O–H groups in total. The number of amides is 1. The van der Waals surface area contributed by atoms with Crippen LogP contribution in [0.25, 0.3) is 0 Å². The highest BCUT2D eigenvalue weighted by atomic mass is 35.5. The zero-order chi connectivity index (χ0) is 18.0. The molecule has 0 aromatic heterocycles. The van der Waals surface area contributed by atoms with Gasteiger partial charge in [0.1, 0.15) is 0 Å². The van der Waals surface area contributed by atoms with Crippen molar-refractivity contribution in [2.45, 2.75) is 6.18 Å². The van der Waals surface area contributed by atoms with E-state index < -0.39 is 17.6 Å². The molecule has 0 radical (unpaired) electrons. The predicted molar refractivity (Wildman–Crippen MR) is 84.1 cm³/mol. The average Bonchev–Trinajstić information content (AvgIpc) is 3.01. The number of alkyl halides is 3. The Hall–Kier alpha value is -2.74. The van der Waals surface area contributed by atoms with Gasteiger partial charge in [0.15, 0.2) is 11.5 Å². The third kappa shape index (κ3) is 3.85. The van der Waals surface area contributed by atoms with Crippen LogP contribution in [0.4, 0.5) is 13.2 Å². The molecule has 0 fully saturated rings. The van der Waals surface area contributed by atoms with E-state index >= 15 is 0 Å². The van der Waals surface area contributed by atoms with Crippen molar-refractivity contribution < 1.29 is 27.4 Å². The summed E-state index contributed by atoms with van der Waals surface area (Å²) < 4.78 is 48.3. The fourth-order valence-electron chi connectivity index (χ4n) is 2.09. The quantitative estimate of drug-likeness (QED) is 0.659. The number of rotatable bonds is 3. The molecule has 0 saturated heterocycles. The lowest BCUT2D eigenvalue weighted by Gasteiger charge is -2.07. The molecule has 0 spiro atoms. The van der Waals surface area contributed by atoms with E-state index in [1.807, 2.05) is 0 Å². The fraction of sp³-hybridized carbons (Fsp3) is 0.125. The summed E-state index contributed by atoms with van der Waals surface area (Å²) in [5.74, 6) is 0.199. The van der Waals surface area contributed by atoms with E-state index in [0.29, 0.717) is 22.1 Å². The van der Waals surface area contributed by atoms with Gasteiger partial charge >= 0.3 is 6.18 Å². The molecule has 0 aliphatic carbocycles. The van der Waals surface area contributed by atoms with Crippen molar-refractivity contribution >= 4 is 23.7 Å². The number of nitrogens with zero attached hydrogens (tertiary/aromatic N) is 1. The molecule has 1 aliphatic heterocycles. The third-order valence-electron chi connectivity index (χ3n) is 3.31. The maximum Gasteiger partial charge on any atom is 0.416 e. The summed E-state index contributed by atoms with van der Waals surface area (Å²) in [6.07, 6.45) is -3.27. The highest BCUT2D eigenvalue weighted by molar-refractivity contribution is 6.33. The van der Waals surface area contributed by atoms with E-state index in [1.165, 1.54) is 12.3 Å². The van der Waals surface area contributed by atoms with Crippen LogP contribution in [0.15, 0.2) is 41.5 Å². The Morgan fingerprint density at radius 2 is 1.92 bits per heavy atom. The minimum absolute atomic E-state index is 0.0819. The summed E-state index contributed by atoms with van der Waals surface area (Å²) in [6.45, 7) is 0.0819. The number of carbonyl (C=O) groups is 1.